The van der Waals surface area contributed by atoms with E-state index in [0.717, 1.165) is 6.42 Å². The van der Waals surface area contributed by atoms with Crippen molar-refractivity contribution in [1.82, 2.24) is 35.4 Å². The molecule has 29 heavy (non-hydrogen) atoms. The Balaban J connectivity index is 1.28. The van der Waals surface area contributed by atoms with Crippen LogP contribution >= 0.6 is 0 Å². The Hall–Kier alpha value is -3.14. The van der Waals surface area contributed by atoms with Crippen LogP contribution < -0.4 is 5.32 Å². The molecule has 150 valence electrons. The third kappa shape index (κ3) is 2.82. The molecule has 2 bridgehead atoms. The maximum Gasteiger partial charge on any atom is 0.230 e. The Bertz CT molecular complexity index is 975. The van der Waals surface area contributed by atoms with Gasteiger partial charge in [0.1, 0.15) is 17.1 Å². The molecule has 0 unspecified atom stereocenters. The van der Waals surface area contributed by atoms with Crippen molar-refractivity contribution in [2.45, 2.75) is 31.6 Å². The zero-order chi connectivity index (χ0) is 20.0. The Kier molecular flexibility index (Phi) is 4.16. The average molecular weight is 395 g/mol. The zero-order valence-electron chi connectivity index (χ0n) is 15.9. The number of likely N-dealkylation sites (tertiary alicyclic amines) is 1. The van der Waals surface area contributed by atoms with Gasteiger partial charge < -0.3 is 15.0 Å². The van der Waals surface area contributed by atoms with Gasteiger partial charge in [0.2, 0.25) is 17.6 Å². The third-order valence-electron chi connectivity index (χ3n) is 5.73. The third-order valence-corrected chi connectivity index (χ3v) is 5.73. The number of ether oxygens (including phenoxy) is 1. The molecule has 0 aliphatic carbocycles. The molecular formula is C19H21N7O3. The SMILES string of the molecule is CCCN1C[C@]23C=C[C@H](O2)[C@H](C(=O)NCc2nc(-c4cnccn4)n[nH]2)[C@@H]3C1=O. The number of amides is 2. The number of rotatable bonds is 6. The summed E-state index contributed by atoms with van der Waals surface area (Å²) >= 11 is 0. The van der Waals surface area contributed by atoms with Crippen LogP contribution in [0.2, 0.25) is 0 Å². The predicted octanol–water partition coefficient (Wildman–Crippen LogP) is 0.0699. The van der Waals surface area contributed by atoms with Gasteiger partial charge in [-0.1, -0.05) is 19.1 Å². The summed E-state index contributed by atoms with van der Waals surface area (Å²) in [7, 11) is 0. The van der Waals surface area contributed by atoms with Crippen LogP contribution in [0, 0.1) is 11.8 Å². The summed E-state index contributed by atoms with van der Waals surface area (Å²) in [6, 6.07) is 0. The zero-order valence-corrected chi connectivity index (χ0v) is 15.9. The van der Waals surface area contributed by atoms with Crippen LogP contribution in [0.4, 0.5) is 0 Å². The highest BCUT2D eigenvalue weighted by Gasteiger charge is 2.66. The average Bonchev–Trinajstić information content (AvgIpc) is 3.49. The molecule has 2 aromatic heterocycles. The Morgan fingerprint density at radius 2 is 2.34 bits per heavy atom. The first-order valence-corrected chi connectivity index (χ1v) is 9.72. The van der Waals surface area contributed by atoms with Gasteiger partial charge in [-0.15, -0.1) is 0 Å². The first-order valence-electron chi connectivity index (χ1n) is 9.72. The van der Waals surface area contributed by atoms with Gasteiger partial charge in [0, 0.05) is 18.9 Å². The van der Waals surface area contributed by atoms with Gasteiger partial charge in [-0.05, 0) is 6.42 Å². The highest BCUT2D eigenvalue weighted by Crippen LogP contribution is 2.51. The number of aromatic amines is 1. The summed E-state index contributed by atoms with van der Waals surface area (Å²) in [4.78, 5) is 40.1. The summed E-state index contributed by atoms with van der Waals surface area (Å²) in [5.41, 5.74) is -0.118. The van der Waals surface area contributed by atoms with E-state index in [-0.39, 0.29) is 24.5 Å². The summed E-state index contributed by atoms with van der Waals surface area (Å²) in [6.07, 6.45) is 9.08. The topological polar surface area (TPSA) is 126 Å². The minimum absolute atomic E-state index is 0.00320. The van der Waals surface area contributed by atoms with Crippen molar-refractivity contribution in [3.8, 4) is 11.5 Å². The lowest BCUT2D eigenvalue weighted by Gasteiger charge is -2.23. The second kappa shape index (κ2) is 6.73. The van der Waals surface area contributed by atoms with Gasteiger partial charge in [0.25, 0.3) is 0 Å². The predicted molar refractivity (Wildman–Crippen MR) is 99.9 cm³/mol. The van der Waals surface area contributed by atoms with Crippen molar-refractivity contribution < 1.29 is 14.3 Å². The van der Waals surface area contributed by atoms with E-state index in [1.54, 1.807) is 23.5 Å². The number of carbonyl (C=O) groups excluding carboxylic acids is 2. The van der Waals surface area contributed by atoms with Crippen molar-refractivity contribution in [1.29, 1.82) is 0 Å². The van der Waals surface area contributed by atoms with E-state index in [1.807, 2.05) is 19.1 Å². The van der Waals surface area contributed by atoms with E-state index >= 15 is 0 Å². The first kappa shape index (κ1) is 17.9. The quantitative estimate of drug-likeness (QED) is 0.663. The highest BCUT2D eigenvalue weighted by molar-refractivity contribution is 5.93. The highest BCUT2D eigenvalue weighted by atomic mass is 16.5. The summed E-state index contributed by atoms with van der Waals surface area (Å²) in [5, 5.41) is 9.78. The number of hydrogen-bond donors (Lipinski definition) is 2. The summed E-state index contributed by atoms with van der Waals surface area (Å²) < 4.78 is 6.09. The van der Waals surface area contributed by atoms with Crippen LogP contribution in [0.3, 0.4) is 0 Å². The van der Waals surface area contributed by atoms with E-state index in [1.165, 1.54) is 0 Å². The standard InChI is InChI=1S/C19H21N7O3/c1-2-7-26-10-19-4-3-12(29-19)14(15(19)18(26)28)17(27)22-9-13-23-16(25-24-13)11-8-20-5-6-21-11/h3-6,8,12,14-15H,2,7,9-10H2,1H3,(H,22,27)(H,23,24,25)/t12-,14-,15+,19-/m0/s1. The van der Waals surface area contributed by atoms with E-state index in [9.17, 15) is 9.59 Å². The lowest BCUT2D eigenvalue weighted by molar-refractivity contribution is -0.137. The van der Waals surface area contributed by atoms with Crippen LogP contribution in [0.15, 0.2) is 30.7 Å². The number of hydrogen-bond acceptors (Lipinski definition) is 7. The van der Waals surface area contributed by atoms with Crippen molar-refractivity contribution in [2.24, 2.45) is 11.8 Å². The minimum atomic E-state index is -0.662. The molecule has 2 N–H and O–H groups in total. The lowest BCUT2D eigenvalue weighted by Crippen LogP contribution is -2.44. The molecular weight excluding hydrogens is 374 g/mol. The number of nitrogens with zero attached hydrogens (tertiary/aromatic N) is 5. The number of H-pyrrole nitrogens is 1. The van der Waals surface area contributed by atoms with E-state index < -0.39 is 17.4 Å². The monoisotopic (exact) mass is 395 g/mol. The molecule has 10 nitrogen and oxygen atoms in total. The van der Waals surface area contributed by atoms with Crippen molar-refractivity contribution in [3.63, 3.8) is 0 Å². The molecule has 5 rings (SSSR count). The molecule has 3 aliphatic rings. The fraction of sp³-hybridized carbons (Fsp3) is 0.474. The smallest absolute Gasteiger partial charge is 0.230 e. The molecule has 0 aromatic carbocycles. The number of carbonyl (C=O) groups is 2. The second-order valence-electron chi connectivity index (χ2n) is 7.57. The van der Waals surface area contributed by atoms with Gasteiger partial charge in [0.05, 0.1) is 37.2 Å². The van der Waals surface area contributed by atoms with E-state index in [4.69, 9.17) is 4.74 Å². The molecule has 3 aliphatic heterocycles. The fourth-order valence-corrected chi connectivity index (χ4v) is 4.53. The molecule has 10 heteroatoms. The largest absolute Gasteiger partial charge is 0.360 e. The maximum atomic E-state index is 13.0. The van der Waals surface area contributed by atoms with Gasteiger partial charge in [-0.2, -0.15) is 5.10 Å². The van der Waals surface area contributed by atoms with Gasteiger partial charge in [-0.25, -0.2) is 9.97 Å². The van der Waals surface area contributed by atoms with Crippen LogP contribution in [0.25, 0.3) is 11.5 Å². The molecule has 0 saturated carbocycles. The van der Waals surface area contributed by atoms with Crippen LogP contribution in [-0.2, 0) is 20.9 Å². The Morgan fingerprint density at radius 3 is 3.14 bits per heavy atom. The fourth-order valence-electron chi connectivity index (χ4n) is 4.53. The molecule has 2 saturated heterocycles. The van der Waals surface area contributed by atoms with E-state index in [0.29, 0.717) is 30.4 Å². The lowest BCUT2D eigenvalue weighted by atomic mass is 9.77. The Morgan fingerprint density at radius 1 is 1.45 bits per heavy atom. The summed E-state index contributed by atoms with van der Waals surface area (Å²) in [6.45, 7) is 3.40. The van der Waals surface area contributed by atoms with Crippen molar-refractivity contribution in [2.75, 3.05) is 13.1 Å². The molecule has 2 fully saturated rings. The minimum Gasteiger partial charge on any atom is -0.360 e. The first-order chi connectivity index (χ1) is 14.1. The molecule has 2 aromatic rings. The molecule has 5 heterocycles. The van der Waals surface area contributed by atoms with Gasteiger partial charge in [-0.3, -0.25) is 19.7 Å². The maximum absolute atomic E-state index is 13.0. The van der Waals surface area contributed by atoms with E-state index in [2.05, 4.69) is 30.5 Å². The second-order valence-corrected chi connectivity index (χ2v) is 7.57. The van der Waals surface area contributed by atoms with Gasteiger partial charge in [0.15, 0.2) is 0 Å². The van der Waals surface area contributed by atoms with Crippen LogP contribution in [0.1, 0.15) is 19.2 Å². The van der Waals surface area contributed by atoms with Crippen molar-refractivity contribution >= 4 is 11.8 Å². The van der Waals surface area contributed by atoms with Gasteiger partial charge >= 0.3 is 0 Å². The number of fused-ring (bicyclic) bond motifs is 1. The molecule has 0 radical (unpaired) electrons. The normalized spacial score (nSPS) is 29.5. The van der Waals surface area contributed by atoms with Crippen LogP contribution in [0.5, 0.6) is 0 Å². The summed E-state index contributed by atoms with van der Waals surface area (Å²) in [5.74, 6) is -0.295. The molecule has 2 amide bonds. The molecule has 4 atom stereocenters. The molecule has 1 spiro atoms. The number of aromatic nitrogens is 5. The van der Waals surface area contributed by atoms with Crippen LogP contribution in [-0.4, -0.2) is 66.7 Å². The number of nitrogens with one attached hydrogen (secondary N) is 2. The Labute approximate surface area is 166 Å². The van der Waals surface area contributed by atoms with Crippen molar-refractivity contribution in [3.05, 3.63) is 36.6 Å².